The topological polar surface area (TPSA) is 51.4 Å². The fraction of sp³-hybridized carbons (Fsp3) is 0.688. The molecule has 1 aliphatic carbocycles. The smallest absolute Gasteiger partial charge is 0.133 e. The van der Waals surface area contributed by atoms with Gasteiger partial charge in [0.05, 0.1) is 6.61 Å². The summed E-state index contributed by atoms with van der Waals surface area (Å²) in [5, 5.41) is 0. The highest BCUT2D eigenvalue weighted by atomic mass is 16.5. The molecule has 2 rings (SSSR count). The second-order valence-electron chi connectivity index (χ2n) is 5.77. The van der Waals surface area contributed by atoms with Crippen LogP contribution in [0.2, 0.25) is 0 Å². The number of methoxy groups -OCH3 is 1. The van der Waals surface area contributed by atoms with Crippen molar-refractivity contribution < 1.29 is 4.74 Å². The summed E-state index contributed by atoms with van der Waals surface area (Å²) in [4.78, 5) is 7.26. The maximum Gasteiger partial charge on any atom is 0.133 e. The van der Waals surface area contributed by atoms with Gasteiger partial charge in [0.2, 0.25) is 0 Å². The van der Waals surface area contributed by atoms with Crippen molar-refractivity contribution in [1.29, 1.82) is 0 Å². The van der Waals surface area contributed by atoms with Gasteiger partial charge in [-0.1, -0.05) is 0 Å². The molecule has 0 amide bonds. The molecule has 0 atom stereocenters. The van der Waals surface area contributed by atoms with Crippen LogP contribution in [0.25, 0.3) is 0 Å². The van der Waals surface area contributed by atoms with Crippen LogP contribution in [0, 0.1) is 0 Å². The summed E-state index contributed by atoms with van der Waals surface area (Å²) < 4.78 is 5.23. The molecule has 0 aliphatic heterocycles. The SMILES string of the molecule is COCCN(c1nc2c(cc1CN)CCCC2)C(C)C. The molecule has 20 heavy (non-hydrogen) atoms. The summed E-state index contributed by atoms with van der Waals surface area (Å²) in [6.45, 7) is 6.49. The molecule has 0 unspecified atom stereocenters. The van der Waals surface area contributed by atoms with E-state index in [1.807, 2.05) is 0 Å². The summed E-state index contributed by atoms with van der Waals surface area (Å²) in [6.07, 6.45) is 4.77. The summed E-state index contributed by atoms with van der Waals surface area (Å²) >= 11 is 0. The normalized spacial score (nSPS) is 14.4. The maximum absolute atomic E-state index is 5.95. The summed E-state index contributed by atoms with van der Waals surface area (Å²) in [5.41, 5.74) is 9.78. The van der Waals surface area contributed by atoms with E-state index in [2.05, 4.69) is 24.8 Å². The summed E-state index contributed by atoms with van der Waals surface area (Å²) in [7, 11) is 1.74. The lowest BCUT2D eigenvalue weighted by atomic mass is 9.94. The number of nitrogens with two attached hydrogens (primary N) is 1. The van der Waals surface area contributed by atoms with Crippen molar-refractivity contribution in [1.82, 2.24) is 4.98 Å². The molecule has 4 nitrogen and oxygen atoms in total. The van der Waals surface area contributed by atoms with Crippen LogP contribution in [-0.2, 0) is 24.1 Å². The number of rotatable bonds is 6. The Bertz CT molecular complexity index is 446. The van der Waals surface area contributed by atoms with E-state index < -0.39 is 0 Å². The molecule has 0 bridgehead atoms. The molecule has 0 saturated carbocycles. The minimum atomic E-state index is 0.393. The minimum Gasteiger partial charge on any atom is -0.383 e. The van der Waals surface area contributed by atoms with Gasteiger partial charge in [0.15, 0.2) is 0 Å². The number of aryl methyl sites for hydroxylation is 2. The van der Waals surface area contributed by atoms with Crippen LogP contribution in [0.3, 0.4) is 0 Å². The van der Waals surface area contributed by atoms with Gasteiger partial charge in [0.1, 0.15) is 5.82 Å². The number of anilines is 1. The molecule has 0 saturated heterocycles. The quantitative estimate of drug-likeness (QED) is 0.866. The largest absolute Gasteiger partial charge is 0.383 e. The molecule has 1 heterocycles. The number of ether oxygens (including phenoxy) is 1. The summed E-state index contributed by atoms with van der Waals surface area (Å²) in [6, 6.07) is 2.67. The molecule has 0 aromatic carbocycles. The van der Waals surface area contributed by atoms with Gasteiger partial charge in [-0.15, -0.1) is 0 Å². The van der Waals surface area contributed by atoms with E-state index >= 15 is 0 Å². The molecule has 1 aromatic rings. The van der Waals surface area contributed by atoms with Crippen molar-refractivity contribution in [3.05, 3.63) is 22.9 Å². The zero-order chi connectivity index (χ0) is 14.5. The number of nitrogens with zero attached hydrogens (tertiary/aromatic N) is 2. The third-order valence-electron chi connectivity index (χ3n) is 4.01. The van der Waals surface area contributed by atoms with Crippen molar-refractivity contribution in [2.24, 2.45) is 5.73 Å². The van der Waals surface area contributed by atoms with Crippen molar-refractivity contribution in [2.45, 2.75) is 52.1 Å². The van der Waals surface area contributed by atoms with Crippen LogP contribution in [0.4, 0.5) is 5.82 Å². The predicted octanol–water partition coefficient (Wildman–Crippen LogP) is 2.28. The van der Waals surface area contributed by atoms with Gasteiger partial charge in [-0.2, -0.15) is 0 Å². The Balaban J connectivity index is 2.36. The molecular formula is C16H27N3O. The van der Waals surface area contributed by atoms with Crippen LogP contribution in [0.15, 0.2) is 6.07 Å². The van der Waals surface area contributed by atoms with Gasteiger partial charge in [-0.3, -0.25) is 0 Å². The predicted molar refractivity (Wildman–Crippen MR) is 83.1 cm³/mol. The van der Waals surface area contributed by atoms with Gasteiger partial charge >= 0.3 is 0 Å². The van der Waals surface area contributed by atoms with Gasteiger partial charge in [-0.25, -0.2) is 4.98 Å². The van der Waals surface area contributed by atoms with E-state index in [-0.39, 0.29) is 0 Å². The second kappa shape index (κ2) is 7.04. The van der Waals surface area contributed by atoms with Crippen molar-refractivity contribution in [3.8, 4) is 0 Å². The average molecular weight is 277 g/mol. The third kappa shape index (κ3) is 3.30. The van der Waals surface area contributed by atoms with E-state index in [0.29, 0.717) is 19.2 Å². The van der Waals surface area contributed by atoms with Crippen molar-refractivity contribution >= 4 is 5.82 Å². The summed E-state index contributed by atoms with van der Waals surface area (Å²) in [5.74, 6) is 1.06. The first-order valence-electron chi connectivity index (χ1n) is 7.64. The number of aromatic nitrogens is 1. The van der Waals surface area contributed by atoms with E-state index in [0.717, 1.165) is 30.8 Å². The molecule has 1 aromatic heterocycles. The Hall–Kier alpha value is -1.13. The Morgan fingerprint density at radius 2 is 2.10 bits per heavy atom. The first-order valence-corrected chi connectivity index (χ1v) is 7.64. The van der Waals surface area contributed by atoms with E-state index in [9.17, 15) is 0 Å². The first kappa shape index (κ1) is 15.3. The molecule has 2 N–H and O–H groups in total. The van der Waals surface area contributed by atoms with Crippen LogP contribution < -0.4 is 10.6 Å². The molecule has 112 valence electrons. The maximum atomic E-state index is 5.95. The average Bonchev–Trinajstić information content (AvgIpc) is 2.46. The van der Waals surface area contributed by atoms with E-state index in [4.69, 9.17) is 15.5 Å². The highest BCUT2D eigenvalue weighted by Gasteiger charge is 2.20. The third-order valence-corrected chi connectivity index (χ3v) is 4.01. The number of pyridine rings is 1. The molecular weight excluding hydrogens is 250 g/mol. The highest BCUT2D eigenvalue weighted by Crippen LogP contribution is 2.27. The Morgan fingerprint density at radius 3 is 2.75 bits per heavy atom. The Kier molecular flexibility index (Phi) is 5.38. The first-order chi connectivity index (χ1) is 9.67. The number of hydrogen-bond acceptors (Lipinski definition) is 4. The molecule has 4 heteroatoms. The second-order valence-corrected chi connectivity index (χ2v) is 5.77. The lowest BCUT2D eigenvalue weighted by molar-refractivity contribution is 0.203. The zero-order valence-electron chi connectivity index (χ0n) is 13.0. The van der Waals surface area contributed by atoms with Crippen LogP contribution >= 0.6 is 0 Å². The molecule has 0 spiro atoms. The fourth-order valence-electron chi connectivity index (χ4n) is 2.87. The highest BCUT2D eigenvalue weighted by molar-refractivity contribution is 5.51. The molecule has 0 radical (unpaired) electrons. The fourth-order valence-corrected chi connectivity index (χ4v) is 2.87. The monoisotopic (exact) mass is 277 g/mol. The van der Waals surface area contributed by atoms with E-state index in [1.54, 1.807) is 7.11 Å². The number of hydrogen-bond donors (Lipinski definition) is 1. The molecule has 0 fully saturated rings. The van der Waals surface area contributed by atoms with Gasteiger partial charge in [0.25, 0.3) is 0 Å². The van der Waals surface area contributed by atoms with Gasteiger partial charge in [0, 0.05) is 37.5 Å². The Labute approximate surface area is 122 Å². The Morgan fingerprint density at radius 1 is 1.35 bits per heavy atom. The van der Waals surface area contributed by atoms with Gasteiger partial charge < -0.3 is 15.4 Å². The van der Waals surface area contributed by atoms with E-state index in [1.165, 1.54) is 24.1 Å². The zero-order valence-corrected chi connectivity index (χ0v) is 13.0. The van der Waals surface area contributed by atoms with Crippen LogP contribution in [0.5, 0.6) is 0 Å². The van der Waals surface area contributed by atoms with Crippen molar-refractivity contribution in [3.63, 3.8) is 0 Å². The number of fused-ring (bicyclic) bond motifs is 1. The minimum absolute atomic E-state index is 0.393. The van der Waals surface area contributed by atoms with Crippen molar-refractivity contribution in [2.75, 3.05) is 25.2 Å². The standard InChI is InChI=1S/C16H27N3O/c1-12(2)19(8-9-20-3)16-14(11-17)10-13-6-4-5-7-15(13)18-16/h10,12H,4-9,11,17H2,1-3H3. The van der Waals surface area contributed by atoms with Gasteiger partial charge in [-0.05, 0) is 51.2 Å². The lowest BCUT2D eigenvalue weighted by Crippen LogP contribution is -2.36. The van der Waals surface area contributed by atoms with Crippen LogP contribution in [-0.4, -0.2) is 31.3 Å². The molecule has 1 aliphatic rings. The van der Waals surface area contributed by atoms with Crippen LogP contribution in [0.1, 0.15) is 43.5 Å². The lowest BCUT2D eigenvalue weighted by Gasteiger charge is -2.31.